The molecule has 0 radical (unpaired) electrons. The summed E-state index contributed by atoms with van der Waals surface area (Å²) in [6.45, 7) is 9.34. The summed E-state index contributed by atoms with van der Waals surface area (Å²) in [6, 6.07) is 6.79. The number of ether oxygens (including phenoxy) is 2. The minimum absolute atomic E-state index is 0.00904. The predicted octanol–water partition coefficient (Wildman–Crippen LogP) is 3.56. The molecular weight excluding hydrogens is 352 g/mol. The van der Waals surface area contributed by atoms with Crippen LogP contribution in [0.5, 0.6) is 11.5 Å². The van der Waals surface area contributed by atoms with Crippen LogP contribution in [0.3, 0.4) is 0 Å². The monoisotopic (exact) mass is 391 g/mol. The molecule has 0 aromatic heterocycles. The predicted molar refractivity (Wildman–Crippen MR) is 113 cm³/mol. The molecule has 0 aliphatic heterocycles. The van der Waals surface area contributed by atoms with E-state index >= 15 is 0 Å². The van der Waals surface area contributed by atoms with Crippen molar-refractivity contribution in [3.8, 4) is 11.5 Å². The summed E-state index contributed by atoms with van der Waals surface area (Å²) in [5, 5.41) is 5.39. The molecule has 1 fully saturated rings. The molecule has 0 atom stereocenters. The van der Waals surface area contributed by atoms with Crippen molar-refractivity contribution in [3.05, 3.63) is 23.8 Å². The van der Waals surface area contributed by atoms with Crippen molar-refractivity contribution >= 4 is 5.91 Å². The number of quaternary nitrogens is 1. The van der Waals surface area contributed by atoms with Crippen LogP contribution < -0.4 is 20.1 Å². The molecule has 0 unspecified atom stereocenters. The molecule has 0 spiro atoms. The van der Waals surface area contributed by atoms with E-state index in [-0.39, 0.29) is 18.1 Å². The van der Waals surface area contributed by atoms with Gasteiger partial charge in [0.2, 0.25) is 0 Å². The highest BCUT2D eigenvalue weighted by Gasteiger charge is 2.17. The Morgan fingerprint density at radius 2 is 1.75 bits per heavy atom. The normalized spacial score (nSPS) is 16.1. The van der Waals surface area contributed by atoms with Gasteiger partial charge in [0.15, 0.2) is 18.1 Å². The number of hydrogen-bond acceptors (Lipinski definition) is 3. The number of carbonyl (C=O) groups excluding carboxylic acids is 1. The van der Waals surface area contributed by atoms with Crippen LogP contribution in [-0.4, -0.2) is 30.7 Å². The second-order valence-electron chi connectivity index (χ2n) is 8.85. The second-order valence-corrected chi connectivity index (χ2v) is 8.85. The number of hydrogen-bond donors (Lipinski definition) is 2. The van der Waals surface area contributed by atoms with E-state index in [1.54, 1.807) is 0 Å². The molecule has 1 aliphatic carbocycles. The third-order valence-corrected chi connectivity index (χ3v) is 5.02. The molecule has 28 heavy (non-hydrogen) atoms. The lowest BCUT2D eigenvalue weighted by atomic mass is 9.96. The van der Waals surface area contributed by atoms with Gasteiger partial charge in [0.1, 0.15) is 6.54 Å². The largest absolute Gasteiger partial charge is 0.490 e. The first-order chi connectivity index (χ1) is 13.4. The van der Waals surface area contributed by atoms with Gasteiger partial charge in [-0.25, -0.2) is 0 Å². The van der Waals surface area contributed by atoms with Gasteiger partial charge in [-0.05, 0) is 71.6 Å². The van der Waals surface area contributed by atoms with Crippen molar-refractivity contribution in [3.63, 3.8) is 0 Å². The van der Waals surface area contributed by atoms with Crippen molar-refractivity contribution in [2.45, 2.75) is 90.8 Å². The zero-order valence-corrected chi connectivity index (χ0v) is 18.2. The average Bonchev–Trinajstić information content (AvgIpc) is 2.59. The van der Waals surface area contributed by atoms with Crippen molar-refractivity contribution in [2.75, 3.05) is 13.2 Å². The molecule has 2 rings (SSSR count). The zero-order valence-electron chi connectivity index (χ0n) is 18.2. The second kappa shape index (κ2) is 11.3. The Labute approximate surface area is 170 Å². The van der Waals surface area contributed by atoms with Gasteiger partial charge >= 0.3 is 0 Å². The van der Waals surface area contributed by atoms with Crippen LogP contribution in [0.25, 0.3) is 0 Å². The van der Waals surface area contributed by atoms with Crippen LogP contribution in [0.15, 0.2) is 18.2 Å². The smallest absolute Gasteiger partial charge is 0.258 e. The van der Waals surface area contributed by atoms with Gasteiger partial charge in [-0.15, -0.1) is 0 Å². The zero-order chi connectivity index (χ0) is 20.4. The standard InChI is InChI=1S/C23H38N2O3/c1-5-27-21-15-18(16-24-19-11-9-7-6-8-10-12-19)13-14-20(21)28-17-22(26)25-23(2,3)4/h13-15,19,24H,5-12,16-17H2,1-4H3,(H,25,26)/p+1. The molecule has 1 saturated carbocycles. The Balaban J connectivity index is 1.92. The van der Waals surface area contributed by atoms with E-state index < -0.39 is 0 Å². The van der Waals surface area contributed by atoms with Crippen LogP contribution in [0.2, 0.25) is 0 Å². The van der Waals surface area contributed by atoms with Crippen LogP contribution in [0.4, 0.5) is 0 Å². The van der Waals surface area contributed by atoms with Crippen LogP contribution in [-0.2, 0) is 11.3 Å². The number of nitrogens with two attached hydrogens (primary N) is 1. The molecule has 0 bridgehead atoms. The summed E-state index contributed by atoms with van der Waals surface area (Å²) in [4.78, 5) is 12.0. The summed E-state index contributed by atoms with van der Waals surface area (Å²) in [5.41, 5.74) is 0.969. The Hall–Kier alpha value is -1.75. The van der Waals surface area contributed by atoms with Crippen molar-refractivity contribution < 1.29 is 19.6 Å². The molecule has 0 saturated heterocycles. The van der Waals surface area contributed by atoms with Crippen molar-refractivity contribution in [2.24, 2.45) is 0 Å². The maximum Gasteiger partial charge on any atom is 0.258 e. The lowest BCUT2D eigenvalue weighted by Gasteiger charge is -2.21. The first kappa shape index (κ1) is 22.5. The third-order valence-electron chi connectivity index (χ3n) is 5.02. The van der Waals surface area contributed by atoms with E-state index in [0.717, 1.165) is 18.3 Å². The fraction of sp³-hybridized carbons (Fsp3) is 0.696. The Kier molecular flexibility index (Phi) is 9.10. The molecule has 1 aromatic rings. The maximum absolute atomic E-state index is 12.0. The SMILES string of the molecule is CCOc1cc(C[NH2+]C2CCCCCCC2)ccc1OCC(=O)NC(C)(C)C. The number of amides is 1. The Morgan fingerprint density at radius 1 is 1.07 bits per heavy atom. The molecule has 158 valence electrons. The Morgan fingerprint density at radius 3 is 2.39 bits per heavy atom. The van der Waals surface area contributed by atoms with Gasteiger partial charge in [0.25, 0.3) is 5.91 Å². The highest BCUT2D eigenvalue weighted by atomic mass is 16.5. The number of rotatable bonds is 8. The minimum Gasteiger partial charge on any atom is -0.490 e. The summed E-state index contributed by atoms with van der Waals surface area (Å²) >= 11 is 0. The number of nitrogens with one attached hydrogen (secondary N) is 1. The quantitative estimate of drug-likeness (QED) is 0.712. The topological polar surface area (TPSA) is 64.2 Å². The molecule has 1 amide bonds. The lowest BCUT2D eigenvalue weighted by Crippen LogP contribution is -2.88. The highest BCUT2D eigenvalue weighted by molar-refractivity contribution is 5.78. The van der Waals surface area contributed by atoms with E-state index in [9.17, 15) is 4.79 Å². The molecule has 5 nitrogen and oxygen atoms in total. The van der Waals surface area contributed by atoms with Gasteiger partial charge in [0, 0.05) is 11.1 Å². The average molecular weight is 392 g/mol. The van der Waals surface area contributed by atoms with E-state index in [2.05, 4.69) is 22.8 Å². The van der Waals surface area contributed by atoms with Gasteiger partial charge < -0.3 is 20.1 Å². The van der Waals surface area contributed by atoms with E-state index in [1.807, 2.05) is 33.8 Å². The van der Waals surface area contributed by atoms with Crippen LogP contribution in [0.1, 0.15) is 78.2 Å². The summed E-state index contributed by atoms with van der Waals surface area (Å²) < 4.78 is 11.5. The van der Waals surface area contributed by atoms with Crippen molar-refractivity contribution in [1.82, 2.24) is 5.32 Å². The third kappa shape index (κ3) is 8.51. The lowest BCUT2D eigenvalue weighted by molar-refractivity contribution is -0.706. The number of carbonyl (C=O) groups is 1. The Bertz CT molecular complexity index is 602. The van der Waals surface area contributed by atoms with E-state index in [1.165, 1.54) is 50.5 Å². The van der Waals surface area contributed by atoms with Gasteiger partial charge in [-0.1, -0.05) is 19.3 Å². The van der Waals surface area contributed by atoms with Gasteiger partial charge in [-0.3, -0.25) is 4.79 Å². The summed E-state index contributed by atoms with van der Waals surface area (Å²) in [5.74, 6) is 1.21. The molecule has 0 heterocycles. The fourth-order valence-electron chi connectivity index (χ4n) is 3.69. The molecular formula is C23H39N2O3+. The van der Waals surface area contributed by atoms with Crippen LogP contribution in [0, 0.1) is 0 Å². The first-order valence-corrected chi connectivity index (χ1v) is 10.9. The van der Waals surface area contributed by atoms with Crippen LogP contribution >= 0.6 is 0 Å². The van der Waals surface area contributed by atoms with Gasteiger partial charge in [-0.2, -0.15) is 0 Å². The first-order valence-electron chi connectivity index (χ1n) is 10.9. The van der Waals surface area contributed by atoms with Gasteiger partial charge in [0.05, 0.1) is 12.6 Å². The van der Waals surface area contributed by atoms with Crippen molar-refractivity contribution in [1.29, 1.82) is 0 Å². The molecule has 3 N–H and O–H groups in total. The molecule has 1 aliphatic rings. The molecule has 1 aromatic carbocycles. The maximum atomic E-state index is 12.0. The highest BCUT2D eigenvalue weighted by Crippen LogP contribution is 2.28. The van der Waals surface area contributed by atoms with E-state index in [4.69, 9.17) is 9.47 Å². The fourth-order valence-corrected chi connectivity index (χ4v) is 3.69. The number of benzene rings is 1. The van der Waals surface area contributed by atoms with E-state index in [0.29, 0.717) is 12.4 Å². The molecule has 5 heteroatoms. The summed E-state index contributed by atoms with van der Waals surface area (Å²) in [6.07, 6.45) is 9.52. The minimum atomic E-state index is -0.264. The summed E-state index contributed by atoms with van der Waals surface area (Å²) in [7, 11) is 0.